The number of anilines is 3. The highest BCUT2D eigenvalue weighted by Crippen LogP contribution is 2.24. The van der Waals surface area contributed by atoms with Crippen molar-refractivity contribution >= 4 is 34.8 Å². The number of carbonyl (C=O) groups excluding carboxylic acids is 1. The van der Waals surface area contributed by atoms with E-state index < -0.39 is 0 Å². The molecule has 1 amide bonds. The lowest BCUT2D eigenvalue weighted by atomic mass is 9.99. The van der Waals surface area contributed by atoms with Crippen LogP contribution in [0, 0.1) is 5.92 Å². The van der Waals surface area contributed by atoms with Gasteiger partial charge in [-0.25, -0.2) is 4.98 Å². The third-order valence-electron chi connectivity index (χ3n) is 6.29. The van der Waals surface area contributed by atoms with E-state index >= 15 is 0 Å². The number of nitrogens with one attached hydrogen (secondary N) is 1. The molecule has 11 heteroatoms. The molecule has 1 N–H and O–H groups in total. The molecule has 3 heterocycles. The molecule has 0 saturated carbocycles. The zero-order valence-electron chi connectivity index (χ0n) is 20.7. The topological polar surface area (TPSA) is 112 Å². The van der Waals surface area contributed by atoms with Crippen LogP contribution in [0.4, 0.5) is 17.3 Å². The maximum atomic E-state index is 13.7. The number of ether oxygens (including phenoxy) is 2. The molecule has 10 nitrogen and oxygen atoms in total. The highest BCUT2D eigenvalue weighted by Gasteiger charge is 2.27. The Morgan fingerprint density at radius 2 is 1.87 bits per heavy atom. The van der Waals surface area contributed by atoms with Crippen molar-refractivity contribution in [1.82, 2.24) is 14.7 Å². The van der Waals surface area contributed by atoms with Gasteiger partial charge in [0.05, 0.1) is 12.7 Å². The summed E-state index contributed by atoms with van der Waals surface area (Å²) >= 11 is 6.05. The van der Waals surface area contributed by atoms with Crippen LogP contribution in [0.2, 0.25) is 5.02 Å². The molecule has 38 heavy (non-hydrogen) atoms. The SMILES string of the molecule is CN(C(=O)C1CCOCC1)c1cnc(Nc2ccc(Oc3ccon3)cc2)n(Cc2ccc(Cl)cc2)c1=O. The lowest BCUT2D eigenvalue weighted by molar-refractivity contribution is -0.124. The molecule has 5 rings (SSSR count). The molecule has 0 atom stereocenters. The molecule has 1 saturated heterocycles. The van der Waals surface area contributed by atoms with Gasteiger partial charge < -0.3 is 24.2 Å². The van der Waals surface area contributed by atoms with Gasteiger partial charge in [-0.05, 0) is 60.0 Å². The van der Waals surface area contributed by atoms with Gasteiger partial charge in [0.2, 0.25) is 11.9 Å². The number of nitrogens with zero attached hydrogens (tertiary/aromatic N) is 4. The minimum atomic E-state index is -0.341. The Kier molecular flexibility index (Phi) is 7.71. The van der Waals surface area contributed by atoms with Crippen molar-refractivity contribution in [2.45, 2.75) is 19.4 Å². The average Bonchev–Trinajstić information content (AvgIpc) is 3.46. The van der Waals surface area contributed by atoms with Crippen molar-refractivity contribution in [2.75, 3.05) is 30.5 Å². The Morgan fingerprint density at radius 1 is 1.13 bits per heavy atom. The predicted molar refractivity (Wildman–Crippen MR) is 142 cm³/mol. The Hall–Kier alpha value is -4.15. The highest BCUT2D eigenvalue weighted by molar-refractivity contribution is 6.30. The van der Waals surface area contributed by atoms with E-state index in [0.717, 1.165) is 5.56 Å². The second-order valence-corrected chi connectivity index (χ2v) is 9.29. The van der Waals surface area contributed by atoms with E-state index in [0.29, 0.717) is 54.3 Å². The van der Waals surface area contributed by atoms with Crippen LogP contribution < -0.4 is 20.5 Å². The number of hydrogen-bond acceptors (Lipinski definition) is 8. The van der Waals surface area contributed by atoms with Gasteiger partial charge in [0.25, 0.3) is 11.4 Å². The number of rotatable bonds is 8. The van der Waals surface area contributed by atoms with Crippen LogP contribution in [0.3, 0.4) is 0 Å². The molecule has 0 radical (unpaired) electrons. The van der Waals surface area contributed by atoms with Crippen LogP contribution in [0.25, 0.3) is 0 Å². The number of amides is 1. The largest absolute Gasteiger partial charge is 0.436 e. The molecular weight excluding hydrogens is 510 g/mol. The molecule has 4 aromatic rings. The normalized spacial score (nSPS) is 13.7. The molecule has 0 unspecified atom stereocenters. The molecule has 1 fully saturated rings. The van der Waals surface area contributed by atoms with Crippen LogP contribution >= 0.6 is 11.6 Å². The summed E-state index contributed by atoms with van der Waals surface area (Å²) in [6.45, 7) is 1.30. The van der Waals surface area contributed by atoms with Crippen LogP contribution in [-0.4, -0.2) is 40.9 Å². The van der Waals surface area contributed by atoms with Gasteiger partial charge in [-0.15, -0.1) is 0 Å². The lowest BCUT2D eigenvalue weighted by Crippen LogP contribution is -2.40. The highest BCUT2D eigenvalue weighted by atomic mass is 35.5. The zero-order valence-corrected chi connectivity index (χ0v) is 21.4. The molecule has 1 aliphatic rings. The average molecular weight is 536 g/mol. The fourth-order valence-electron chi connectivity index (χ4n) is 4.18. The Balaban J connectivity index is 1.43. The molecule has 0 spiro atoms. The van der Waals surface area contributed by atoms with Crippen molar-refractivity contribution < 1.29 is 18.8 Å². The lowest BCUT2D eigenvalue weighted by Gasteiger charge is -2.26. The molecular formula is C27H26ClN5O5. The molecule has 1 aliphatic heterocycles. The molecule has 0 aliphatic carbocycles. The van der Waals surface area contributed by atoms with Crippen LogP contribution in [0.1, 0.15) is 18.4 Å². The van der Waals surface area contributed by atoms with Crippen molar-refractivity contribution in [2.24, 2.45) is 5.92 Å². The van der Waals surface area contributed by atoms with Gasteiger partial charge in [-0.3, -0.25) is 14.2 Å². The first kappa shape index (κ1) is 25.5. The number of carbonyl (C=O) groups is 1. The fourth-order valence-corrected chi connectivity index (χ4v) is 4.30. The summed E-state index contributed by atoms with van der Waals surface area (Å²) < 4.78 is 17.3. The van der Waals surface area contributed by atoms with Gasteiger partial charge in [-0.1, -0.05) is 23.7 Å². The molecule has 196 valence electrons. The van der Waals surface area contributed by atoms with E-state index in [2.05, 4.69) is 15.5 Å². The summed E-state index contributed by atoms with van der Waals surface area (Å²) in [6, 6.07) is 15.9. The second-order valence-electron chi connectivity index (χ2n) is 8.86. The summed E-state index contributed by atoms with van der Waals surface area (Å²) in [7, 11) is 1.61. The minimum absolute atomic E-state index is 0.117. The van der Waals surface area contributed by atoms with Gasteiger partial charge in [0.1, 0.15) is 17.7 Å². The minimum Gasteiger partial charge on any atom is -0.436 e. The number of aromatic nitrogens is 3. The quantitative estimate of drug-likeness (QED) is 0.340. The van der Waals surface area contributed by atoms with Gasteiger partial charge in [0.15, 0.2) is 0 Å². The summed E-state index contributed by atoms with van der Waals surface area (Å²) in [4.78, 5) is 32.8. The van der Waals surface area contributed by atoms with Crippen molar-refractivity contribution in [3.8, 4) is 11.6 Å². The van der Waals surface area contributed by atoms with E-state index in [-0.39, 0.29) is 29.6 Å². The summed E-state index contributed by atoms with van der Waals surface area (Å²) in [5, 5.41) is 7.53. The van der Waals surface area contributed by atoms with Gasteiger partial charge >= 0.3 is 0 Å². The maximum Gasteiger partial charge on any atom is 0.279 e. The second kappa shape index (κ2) is 11.5. The van der Waals surface area contributed by atoms with E-state index in [9.17, 15) is 9.59 Å². The van der Waals surface area contributed by atoms with Crippen LogP contribution in [0.5, 0.6) is 11.6 Å². The monoisotopic (exact) mass is 535 g/mol. The molecule has 2 aromatic carbocycles. The summed E-state index contributed by atoms with van der Waals surface area (Å²) in [5.74, 6) is 0.937. The van der Waals surface area contributed by atoms with Crippen molar-refractivity contribution in [3.63, 3.8) is 0 Å². The van der Waals surface area contributed by atoms with Crippen LogP contribution in [-0.2, 0) is 16.1 Å². The molecule has 0 bridgehead atoms. The maximum absolute atomic E-state index is 13.7. The van der Waals surface area contributed by atoms with Gasteiger partial charge in [-0.2, -0.15) is 0 Å². The van der Waals surface area contributed by atoms with E-state index in [1.54, 1.807) is 49.5 Å². The Labute approximate surface area is 223 Å². The Morgan fingerprint density at radius 3 is 2.55 bits per heavy atom. The number of hydrogen-bond donors (Lipinski definition) is 1. The predicted octanol–water partition coefficient (Wildman–Crippen LogP) is 4.86. The third kappa shape index (κ3) is 5.87. The standard InChI is InChI=1S/C27H26ClN5O5/c1-32(25(34)19-10-13-36-14-11-19)23-16-29-27(33(26(23)35)17-18-2-4-20(28)5-3-18)30-21-6-8-22(9-7-21)38-24-12-15-37-31-24/h2-9,12,15-16,19H,10-11,13-14,17H2,1H3,(H,29,30). The summed E-state index contributed by atoms with van der Waals surface area (Å²) in [6.07, 6.45) is 4.12. The van der Waals surface area contributed by atoms with E-state index in [4.69, 9.17) is 25.6 Å². The first-order valence-corrected chi connectivity index (χ1v) is 12.5. The van der Waals surface area contributed by atoms with Crippen LogP contribution in [0.15, 0.2) is 76.4 Å². The fraction of sp³-hybridized carbons (Fsp3) is 0.259. The van der Waals surface area contributed by atoms with Gasteiger partial charge in [0, 0.05) is 43.0 Å². The third-order valence-corrected chi connectivity index (χ3v) is 6.54. The Bertz CT molecular complexity index is 1430. The number of halogens is 1. The van der Waals surface area contributed by atoms with E-state index in [1.807, 2.05) is 12.1 Å². The molecule has 2 aromatic heterocycles. The smallest absolute Gasteiger partial charge is 0.279 e. The van der Waals surface area contributed by atoms with Crippen molar-refractivity contribution in [1.29, 1.82) is 0 Å². The first-order valence-electron chi connectivity index (χ1n) is 12.1. The summed E-state index contributed by atoms with van der Waals surface area (Å²) in [5.41, 5.74) is 1.41. The van der Waals surface area contributed by atoms with E-state index in [1.165, 1.54) is 21.9 Å². The van der Waals surface area contributed by atoms with Crippen molar-refractivity contribution in [3.05, 3.63) is 88.0 Å². The number of benzene rings is 2. The first-order chi connectivity index (χ1) is 18.5. The zero-order chi connectivity index (χ0) is 26.5.